The van der Waals surface area contributed by atoms with E-state index < -0.39 is 0 Å². The molecule has 2 atom stereocenters. The van der Waals surface area contributed by atoms with Crippen LogP contribution < -0.4 is 5.32 Å². The fourth-order valence-electron chi connectivity index (χ4n) is 3.10. The van der Waals surface area contributed by atoms with Crippen molar-refractivity contribution in [3.05, 3.63) is 33.8 Å². The second-order valence-corrected chi connectivity index (χ2v) is 6.88. The number of halogens is 2. The molecule has 118 valence electrons. The highest BCUT2D eigenvalue weighted by molar-refractivity contribution is 6.42. The van der Waals surface area contributed by atoms with Crippen molar-refractivity contribution in [2.24, 2.45) is 0 Å². The standard InChI is InChI=1S/C17H26Cl2N2/c1-3-17(14-7-8-15(18)16(19)11-14)20-13(2)12-21-9-5-4-6-10-21/h7-8,11,13,17,20H,3-6,9-10,12H2,1-2H3. The molecule has 1 aliphatic heterocycles. The minimum Gasteiger partial charge on any atom is -0.306 e. The Bertz CT molecular complexity index is 444. The lowest BCUT2D eigenvalue weighted by molar-refractivity contribution is 0.203. The molecule has 1 aromatic rings. The fourth-order valence-corrected chi connectivity index (χ4v) is 3.41. The van der Waals surface area contributed by atoms with Gasteiger partial charge in [0.25, 0.3) is 0 Å². The summed E-state index contributed by atoms with van der Waals surface area (Å²) >= 11 is 12.1. The Hall–Kier alpha value is -0.280. The molecule has 0 aliphatic carbocycles. The molecule has 1 saturated heterocycles. The van der Waals surface area contributed by atoms with Crippen molar-refractivity contribution in [1.29, 1.82) is 0 Å². The van der Waals surface area contributed by atoms with E-state index in [9.17, 15) is 0 Å². The predicted octanol–water partition coefficient (Wildman–Crippen LogP) is 4.91. The molecule has 0 spiro atoms. The quantitative estimate of drug-likeness (QED) is 0.798. The van der Waals surface area contributed by atoms with E-state index in [1.54, 1.807) is 0 Å². The number of rotatable bonds is 6. The van der Waals surface area contributed by atoms with Crippen LogP contribution in [0.3, 0.4) is 0 Å². The van der Waals surface area contributed by atoms with E-state index in [0.717, 1.165) is 13.0 Å². The van der Waals surface area contributed by atoms with Gasteiger partial charge >= 0.3 is 0 Å². The predicted molar refractivity (Wildman–Crippen MR) is 92.4 cm³/mol. The summed E-state index contributed by atoms with van der Waals surface area (Å²) in [6.45, 7) is 8.09. The summed E-state index contributed by atoms with van der Waals surface area (Å²) in [5.74, 6) is 0. The van der Waals surface area contributed by atoms with Crippen molar-refractivity contribution in [1.82, 2.24) is 10.2 Å². The maximum absolute atomic E-state index is 6.14. The normalized spacial score (nSPS) is 19.4. The lowest BCUT2D eigenvalue weighted by Gasteiger charge is -2.31. The monoisotopic (exact) mass is 328 g/mol. The Balaban J connectivity index is 1.92. The van der Waals surface area contributed by atoms with Gasteiger partial charge in [0, 0.05) is 18.6 Å². The van der Waals surface area contributed by atoms with Crippen molar-refractivity contribution in [2.75, 3.05) is 19.6 Å². The summed E-state index contributed by atoms with van der Waals surface area (Å²) in [6.07, 6.45) is 5.12. The van der Waals surface area contributed by atoms with E-state index in [4.69, 9.17) is 23.2 Å². The Kier molecular flexibility index (Phi) is 6.81. The van der Waals surface area contributed by atoms with Crippen LogP contribution in [0.15, 0.2) is 18.2 Å². The zero-order chi connectivity index (χ0) is 15.2. The van der Waals surface area contributed by atoms with E-state index in [1.165, 1.54) is 37.9 Å². The summed E-state index contributed by atoms with van der Waals surface area (Å²) in [5, 5.41) is 4.99. The fraction of sp³-hybridized carbons (Fsp3) is 0.647. The number of hydrogen-bond acceptors (Lipinski definition) is 2. The van der Waals surface area contributed by atoms with Crippen LogP contribution in [0.2, 0.25) is 10.0 Å². The minimum absolute atomic E-state index is 0.333. The zero-order valence-corrected chi connectivity index (χ0v) is 14.6. The molecular formula is C17H26Cl2N2. The maximum atomic E-state index is 6.14. The third-order valence-electron chi connectivity index (χ3n) is 4.22. The van der Waals surface area contributed by atoms with Gasteiger partial charge in [-0.3, -0.25) is 0 Å². The van der Waals surface area contributed by atoms with Crippen LogP contribution in [0.1, 0.15) is 51.1 Å². The highest BCUT2D eigenvalue weighted by atomic mass is 35.5. The van der Waals surface area contributed by atoms with Gasteiger partial charge in [0.15, 0.2) is 0 Å². The number of piperidine rings is 1. The van der Waals surface area contributed by atoms with Crippen LogP contribution >= 0.6 is 23.2 Å². The third kappa shape index (κ3) is 5.14. The van der Waals surface area contributed by atoms with Gasteiger partial charge in [-0.2, -0.15) is 0 Å². The average Bonchev–Trinajstić information content (AvgIpc) is 2.49. The second-order valence-electron chi connectivity index (χ2n) is 6.06. The lowest BCUT2D eigenvalue weighted by atomic mass is 10.0. The van der Waals surface area contributed by atoms with Gasteiger partial charge in [-0.05, 0) is 57.0 Å². The summed E-state index contributed by atoms with van der Waals surface area (Å²) in [5.41, 5.74) is 1.22. The molecular weight excluding hydrogens is 303 g/mol. The second kappa shape index (κ2) is 8.38. The van der Waals surface area contributed by atoms with E-state index >= 15 is 0 Å². The van der Waals surface area contributed by atoms with Gasteiger partial charge in [-0.1, -0.05) is 42.6 Å². The molecule has 1 N–H and O–H groups in total. The molecule has 0 aromatic heterocycles. The third-order valence-corrected chi connectivity index (χ3v) is 4.96. The smallest absolute Gasteiger partial charge is 0.0595 e. The molecule has 4 heteroatoms. The van der Waals surface area contributed by atoms with Crippen molar-refractivity contribution in [2.45, 2.75) is 51.6 Å². The minimum atomic E-state index is 0.333. The zero-order valence-electron chi connectivity index (χ0n) is 13.0. The van der Waals surface area contributed by atoms with Crippen molar-refractivity contribution in [3.63, 3.8) is 0 Å². The number of nitrogens with zero attached hydrogens (tertiary/aromatic N) is 1. The topological polar surface area (TPSA) is 15.3 Å². The first-order valence-corrected chi connectivity index (χ1v) is 8.79. The molecule has 0 amide bonds. The summed E-state index contributed by atoms with van der Waals surface area (Å²) in [7, 11) is 0. The van der Waals surface area contributed by atoms with Gasteiger partial charge in [0.2, 0.25) is 0 Å². The van der Waals surface area contributed by atoms with E-state index in [0.29, 0.717) is 22.1 Å². The van der Waals surface area contributed by atoms with Gasteiger partial charge in [-0.15, -0.1) is 0 Å². The molecule has 21 heavy (non-hydrogen) atoms. The lowest BCUT2D eigenvalue weighted by Crippen LogP contribution is -2.42. The Morgan fingerprint density at radius 2 is 1.86 bits per heavy atom. The van der Waals surface area contributed by atoms with Crippen LogP contribution in [0.25, 0.3) is 0 Å². The highest BCUT2D eigenvalue weighted by Gasteiger charge is 2.17. The molecule has 2 nitrogen and oxygen atoms in total. The van der Waals surface area contributed by atoms with Crippen LogP contribution in [-0.2, 0) is 0 Å². The number of likely N-dealkylation sites (tertiary alicyclic amines) is 1. The van der Waals surface area contributed by atoms with Gasteiger partial charge < -0.3 is 10.2 Å². The molecule has 1 aromatic carbocycles. The first-order valence-electron chi connectivity index (χ1n) is 8.03. The maximum Gasteiger partial charge on any atom is 0.0595 e. The Morgan fingerprint density at radius 3 is 2.48 bits per heavy atom. The molecule has 2 unspecified atom stereocenters. The SMILES string of the molecule is CCC(NC(C)CN1CCCCC1)c1ccc(Cl)c(Cl)c1. The molecule has 1 aliphatic rings. The summed E-state index contributed by atoms with van der Waals surface area (Å²) < 4.78 is 0. The van der Waals surface area contributed by atoms with Gasteiger partial charge in [0.1, 0.15) is 0 Å². The number of hydrogen-bond donors (Lipinski definition) is 1. The average molecular weight is 329 g/mol. The van der Waals surface area contributed by atoms with E-state index in [2.05, 4.69) is 30.1 Å². The molecule has 0 radical (unpaired) electrons. The number of benzene rings is 1. The molecule has 1 fully saturated rings. The largest absolute Gasteiger partial charge is 0.306 e. The molecule has 0 saturated carbocycles. The van der Waals surface area contributed by atoms with Crippen LogP contribution in [0.5, 0.6) is 0 Å². The van der Waals surface area contributed by atoms with Crippen LogP contribution in [0, 0.1) is 0 Å². The van der Waals surface area contributed by atoms with Gasteiger partial charge in [0.05, 0.1) is 10.0 Å². The summed E-state index contributed by atoms with van der Waals surface area (Å²) in [4.78, 5) is 2.57. The van der Waals surface area contributed by atoms with E-state index in [1.807, 2.05) is 12.1 Å². The van der Waals surface area contributed by atoms with Crippen LogP contribution in [0.4, 0.5) is 0 Å². The van der Waals surface area contributed by atoms with Crippen LogP contribution in [-0.4, -0.2) is 30.6 Å². The highest BCUT2D eigenvalue weighted by Crippen LogP contribution is 2.27. The van der Waals surface area contributed by atoms with E-state index in [-0.39, 0.29) is 0 Å². The molecule has 2 rings (SSSR count). The molecule has 1 heterocycles. The van der Waals surface area contributed by atoms with Crippen molar-refractivity contribution >= 4 is 23.2 Å². The first kappa shape index (κ1) is 17.1. The Morgan fingerprint density at radius 1 is 1.14 bits per heavy atom. The summed E-state index contributed by atoms with van der Waals surface area (Å²) in [6, 6.07) is 6.75. The van der Waals surface area contributed by atoms with Gasteiger partial charge in [-0.25, -0.2) is 0 Å². The first-order chi connectivity index (χ1) is 10.1. The van der Waals surface area contributed by atoms with Crippen molar-refractivity contribution < 1.29 is 0 Å². The number of nitrogens with one attached hydrogen (secondary N) is 1. The van der Waals surface area contributed by atoms with Crippen molar-refractivity contribution in [3.8, 4) is 0 Å². The Labute approximate surface area is 138 Å². The molecule has 0 bridgehead atoms.